The van der Waals surface area contributed by atoms with E-state index >= 15 is 0 Å². The summed E-state index contributed by atoms with van der Waals surface area (Å²) in [5.74, 6) is -0.954. The number of carboxylic acids is 1. The van der Waals surface area contributed by atoms with E-state index in [9.17, 15) is 14.7 Å². The largest absolute Gasteiger partial charge is 0.479 e. The Hall–Kier alpha value is -2.12. The molecular formula is C22H32N2O5. The van der Waals surface area contributed by atoms with E-state index in [1.807, 2.05) is 51.1 Å². The number of hydrogen-bond acceptors (Lipinski definition) is 5. The van der Waals surface area contributed by atoms with Gasteiger partial charge in [0.05, 0.1) is 5.60 Å². The average molecular weight is 405 g/mol. The van der Waals surface area contributed by atoms with Crippen molar-refractivity contribution in [2.45, 2.75) is 63.9 Å². The molecule has 1 N–H and O–H groups in total. The molecule has 2 aliphatic heterocycles. The Kier molecular flexibility index (Phi) is 5.92. The molecule has 2 aliphatic rings. The maximum absolute atomic E-state index is 12.4. The van der Waals surface area contributed by atoms with Crippen LogP contribution in [0.4, 0.5) is 4.79 Å². The zero-order valence-electron chi connectivity index (χ0n) is 17.8. The van der Waals surface area contributed by atoms with Crippen LogP contribution in [-0.4, -0.2) is 70.0 Å². The van der Waals surface area contributed by atoms with Gasteiger partial charge in [-0.2, -0.15) is 0 Å². The standard InChI is InChI=1S/C22H32N2O5/c1-20(2,3)28-19(27)24-12-10-22(11-13-24)16-23(14-17-8-6-5-7-9-17)15-21(4,29-22)18(25)26/h5-9H,10-16H2,1-4H3,(H,25,26). The fraction of sp³-hybridized carbons (Fsp3) is 0.636. The molecule has 2 heterocycles. The number of piperidine rings is 1. The van der Waals surface area contributed by atoms with Crippen LogP contribution in [0.5, 0.6) is 0 Å². The number of carboxylic acid groups (broad SMARTS) is 1. The number of nitrogens with zero attached hydrogens (tertiary/aromatic N) is 2. The molecule has 1 spiro atoms. The predicted molar refractivity (Wildman–Crippen MR) is 109 cm³/mol. The van der Waals surface area contributed by atoms with Gasteiger partial charge in [0.2, 0.25) is 0 Å². The first-order valence-corrected chi connectivity index (χ1v) is 10.2. The molecule has 0 radical (unpaired) electrons. The van der Waals surface area contributed by atoms with E-state index in [0.29, 0.717) is 45.6 Å². The number of amides is 1. The minimum atomic E-state index is -1.28. The van der Waals surface area contributed by atoms with E-state index < -0.39 is 22.8 Å². The highest BCUT2D eigenvalue weighted by molar-refractivity contribution is 5.77. The zero-order valence-corrected chi connectivity index (χ0v) is 17.8. The van der Waals surface area contributed by atoms with Gasteiger partial charge < -0.3 is 19.5 Å². The molecule has 29 heavy (non-hydrogen) atoms. The van der Waals surface area contributed by atoms with Crippen LogP contribution < -0.4 is 0 Å². The Morgan fingerprint density at radius 2 is 1.76 bits per heavy atom. The highest BCUT2D eigenvalue weighted by atomic mass is 16.6. The van der Waals surface area contributed by atoms with Crippen molar-refractivity contribution in [2.75, 3.05) is 26.2 Å². The van der Waals surface area contributed by atoms with Gasteiger partial charge in [0, 0.05) is 32.7 Å². The molecule has 160 valence electrons. The Labute approximate surface area is 172 Å². The smallest absolute Gasteiger partial charge is 0.410 e. The molecule has 1 aromatic carbocycles. The second-order valence-corrected chi connectivity index (χ2v) is 9.42. The Balaban J connectivity index is 1.72. The van der Waals surface area contributed by atoms with Gasteiger partial charge in [-0.15, -0.1) is 0 Å². The number of hydrogen-bond donors (Lipinski definition) is 1. The maximum Gasteiger partial charge on any atom is 0.410 e. The van der Waals surface area contributed by atoms with Crippen molar-refractivity contribution in [3.63, 3.8) is 0 Å². The molecule has 7 nitrogen and oxygen atoms in total. The van der Waals surface area contributed by atoms with Gasteiger partial charge in [-0.05, 0) is 46.1 Å². The summed E-state index contributed by atoms with van der Waals surface area (Å²) in [6.07, 6.45) is 0.839. The number of benzene rings is 1. The lowest BCUT2D eigenvalue weighted by Gasteiger charge is -2.52. The van der Waals surface area contributed by atoms with Crippen molar-refractivity contribution in [1.29, 1.82) is 0 Å². The van der Waals surface area contributed by atoms with Gasteiger partial charge in [0.1, 0.15) is 5.60 Å². The average Bonchev–Trinajstić information content (AvgIpc) is 2.61. The lowest BCUT2D eigenvalue weighted by atomic mass is 9.86. The third-order valence-corrected chi connectivity index (χ3v) is 5.51. The van der Waals surface area contributed by atoms with Crippen molar-refractivity contribution < 1.29 is 24.2 Å². The van der Waals surface area contributed by atoms with Gasteiger partial charge in [-0.3, -0.25) is 4.90 Å². The first kappa shape index (κ1) is 21.6. The summed E-state index contributed by atoms with van der Waals surface area (Å²) >= 11 is 0. The van der Waals surface area contributed by atoms with Gasteiger partial charge in [-0.25, -0.2) is 9.59 Å². The molecule has 7 heteroatoms. The van der Waals surface area contributed by atoms with Gasteiger partial charge in [0.15, 0.2) is 5.60 Å². The van der Waals surface area contributed by atoms with Gasteiger partial charge >= 0.3 is 12.1 Å². The van der Waals surface area contributed by atoms with Crippen LogP contribution in [0.3, 0.4) is 0 Å². The summed E-state index contributed by atoms with van der Waals surface area (Å²) in [5.41, 5.74) is -1.26. The van der Waals surface area contributed by atoms with Gasteiger partial charge in [-0.1, -0.05) is 30.3 Å². The van der Waals surface area contributed by atoms with Crippen LogP contribution in [0.15, 0.2) is 30.3 Å². The highest BCUT2D eigenvalue weighted by Gasteiger charge is 2.51. The van der Waals surface area contributed by atoms with E-state index in [2.05, 4.69) is 4.90 Å². The van der Waals surface area contributed by atoms with Crippen molar-refractivity contribution in [2.24, 2.45) is 0 Å². The quantitative estimate of drug-likeness (QED) is 0.834. The van der Waals surface area contributed by atoms with Crippen LogP contribution in [-0.2, 0) is 20.8 Å². The SMILES string of the molecule is CC(C)(C)OC(=O)N1CCC2(CC1)CN(Cc1ccccc1)CC(C)(C(=O)O)O2. The Morgan fingerprint density at radius 3 is 2.31 bits per heavy atom. The third kappa shape index (κ3) is 5.28. The molecule has 2 fully saturated rings. The monoisotopic (exact) mass is 404 g/mol. The minimum Gasteiger partial charge on any atom is -0.479 e. The second kappa shape index (κ2) is 7.95. The van der Waals surface area contributed by atoms with Crippen LogP contribution in [0, 0.1) is 0 Å². The summed E-state index contributed by atoms with van der Waals surface area (Å²) in [5, 5.41) is 9.83. The molecule has 1 atom stereocenters. The molecule has 0 aromatic heterocycles. The summed E-state index contributed by atoms with van der Waals surface area (Å²) in [6.45, 7) is 9.81. The molecule has 1 amide bonds. The molecule has 3 rings (SSSR count). The Morgan fingerprint density at radius 1 is 1.14 bits per heavy atom. The summed E-state index contributed by atoms with van der Waals surface area (Å²) in [6, 6.07) is 10.0. The number of ether oxygens (including phenoxy) is 2. The molecular weight excluding hydrogens is 372 g/mol. The number of rotatable bonds is 3. The summed E-state index contributed by atoms with van der Waals surface area (Å²) in [7, 11) is 0. The highest BCUT2D eigenvalue weighted by Crippen LogP contribution is 2.37. The van der Waals surface area contributed by atoms with E-state index in [1.54, 1.807) is 11.8 Å². The molecule has 2 saturated heterocycles. The first-order chi connectivity index (χ1) is 13.5. The van der Waals surface area contributed by atoms with Crippen LogP contribution in [0.1, 0.15) is 46.1 Å². The van der Waals surface area contributed by atoms with E-state index in [1.165, 1.54) is 0 Å². The summed E-state index contributed by atoms with van der Waals surface area (Å²) in [4.78, 5) is 28.2. The van der Waals surface area contributed by atoms with Crippen molar-refractivity contribution in [3.8, 4) is 0 Å². The molecule has 1 aromatic rings. The fourth-order valence-corrected chi connectivity index (χ4v) is 4.18. The number of carbonyl (C=O) groups excluding carboxylic acids is 1. The Bertz CT molecular complexity index is 737. The minimum absolute atomic E-state index is 0.328. The van der Waals surface area contributed by atoms with Crippen molar-refractivity contribution in [3.05, 3.63) is 35.9 Å². The van der Waals surface area contributed by atoms with Gasteiger partial charge in [0.25, 0.3) is 0 Å². The van der Waals surface area contributed by atoms with E-state index in [-0.39, 0.29) is 6.09 Å². The van der Waals surface area contributed by atoms with E-state index in [4.69, 9.17) is 9.47 Å². The lowest BCUT2D eigenvalue weighted by Crippen LogP contribution is -2.65. The first-order valence-electron chi connectivity index (χ1n) is 10.2. The number of aliphatic carboxylic acids is 1. The second-order valence-electron chi connectivity index (χ2n) is 9.42. The number of morpholine rings is 1. The third-order valence-electron chi connectivity index (χ3n) is 5.51. The normalized spacial score (nSPS) is 25.0. The zero-order chi connectivity index (χ0) is 21.3. The maximum atomic E-state index is 12.4. The van der Waals surface area contributed by atoms with Crippen molar-refractivity contribution >= 4 is 12.1 Å². The topological polar surface area (TPSA) is 79.3 Å². The number of likely N-dealkylation sites (tertiary alicyclic amines) is 1. The number of carbonyl (C=O) groups is 2. The fourth-order valence-electron chi connectivity index (χ4n) is 4.18. The lowest BCUT2D eigenvalue weighted by molar-refractivity contribution is -0.229. The van der Waals surface area contributed by atoms with Crippen LogP contribution in [0.2, 0.25) is 0 Å². The molecule has 1 unspecified atom stereocenters. The van der Waals surface area contributed by atoms with Crippen LogP contribution in [0.25, 0.3) is 0 Å². The molecule has 0 saturated carbocycles. The molecule has 0 aliphatic carbocycles. The predicted octanol–water partition coefficient (Wildman–Crippen LogP) is 3.13. The molecule has 0 bridgehead atoms. The van der Waals surface area contributed by atoms with Crippen LogP contribution >= 0.6 is 0 Å². The van der Waals surface area contributed by atoms with E-state index in [0.717, 1.165) is 5.56 Å². The van der Waals surface area contributed by atoms with Crippen molar-refractivity contribution in [1.82, 2.24) is 9.80 Å². The summed E-state index contributed by atoms with van der Waals surface area (Å²) < 4.78 is 11.7.